The van der Waals surface area contributed by atoms with Gasteiger partial charge in [-0.15, -0.1) is 11.3 Å². The molecule has 1 atom stereocenters. The normalized spacial score (nSPS) is 16.0. The van der Waals surface area contributed by atoms with E-state index in [1.807, 2.05) is 42.8 Å². The second kappa shape index (κ2) is 9.43. The van der Waals surface area contributed by atoms with E-state index in [1.54, 1.807) is 11.5 Å². The van der Waals surface area contributed by atoms with Crippen molar-refractivity contribution in [2.75, 3.05) is 6.61 Å². The van der Waals surface area contributed by atoms with E-state index in [1.165, 1.54) is 22.7 Å². The van der Waals surface area contributed by atoms with Crippen LogP contribution in [-0.2, 0) is 16.6 Å². The number of aromatic nitrogens is 2. The SMILES string of the molecule is CCCC1=C(C(=O)OCC)[C@@H](c2cccs2)n2c(s/c(=C\c3c(C)n(C)c4ccccc34)c2=O)=N1. The first-order valence-electron chi connectivity index (χ1n) is 11.8. The van der Waals surface area contributed by atoms with Crippen LogP contribution in [-0.4, -0.2) is 21.7 Å². The predicted molar refractivity (Wildman–Crippen MR) is 142 cm³/mol. The van der Waals surface area contributed by atoms with Crippen LogP contribution in [0.4, 0.5) is 0 Å². The summed E-state index contributed by atoms with van der Waals surface area (Å²) < 4.78 is 9.86. The molecule has 0 saturated heterocycles. The summed E-state index contributed by atoms with van der Waals surface area (Å²) in [5.41, 5.74) is 4.27. The number of thiophene rings is 1. The highest BCUT2D eigenvalue weighted by Crippen LogP contribution is 2.34. The molecule has 6 nitrogen and oxygen atoms in total. The Kier molecular flexibility index (Phi) is 6.34. The zero-order chi connectivity index (χ0) is 24.7. The van der Waals surface area contributed by atoms with E-state index >= 15 is 0 Å². The van der Waals surface area contributed by atoms with E-state index in [9.17, 15) is 9.59 Å². The molecule has 0 fully saturated rings. The maximum absolute atomic E-state index is 13.9. The number of hydrogen-bond donors (Lipinski definition) is 0. The number of aryl methyl sites for hydroxylation is 1. The molecule has 0 saturated carbocycles. The minimum absolute atomic E-state index is 0.142. The molecule has 0 bridgehead atoms. The van der Waals surface area contributed by atoms with Gasteiger partial charge in [-0.25, -0.2) is 9.79 Å². The smallest absolute Gasteiger partial charge is 0.338 e. The molecular weight excluding hydrogens is 478 g/mol. The Balaban J connectivity index is 1.79. The number of nitrogens with zero attached hydrogens (tertiary/aromatic N) is 3. The van der Waals surface area contributed by atoms with E-state index < -0.39 is 12.0 Å². The van der Waals surface area contributed by atoms with Gasteiger partial charge in [0.15, 0.2) is 4.80 Å². The molecule has 0 amide bonds. The van der Waals surface area contributed by atoms with Gasteiger partial charge in [0, 0.05) is 34.1 Å². The Morgan fingerprint density at radius 2 is 2.00 bits per heavy atom. The third-order valence-electron chi connectivity index (χ3n) is 6.43. The van der Waals surface area contributed by atoms with Crippen LogP contribution in [0.25, 0.3) is 17.0 Å². The molecule has 0 N–H and O–H groups in total. The number of para-hydroxylation sites is 1. The van der Waals surface area contributed by atoms with Crippen molar-refractivity contribution in [3.8, 4) is 0 Å². The number of carbonyl (C=O) groups is 1. The first kappa shape index (κ1) is 23.5. The lowest BCUT2D eigenvalue weighted by molar-refractivity contribution is -0.139. The number of ether oxygens (including phenoxy) is 1. The predicted octanol–water partition coefficient (Wildman–Crippen LogP) is 4.44. The summed E-state index contributed by atoms with van der Waals surface area (Å²) in [7, 11) is 2.04. The number of hydrogen-bond acceptors (Lipinski definition) is 6. The van der Waals surface area contributed by atoms with Crippen LogP contribution < -0.4 is 14.9 Å². The number of rotatable bonds is 6. The average Bonchev–Trinajstić information content (AvgIpc) is 3.55. The Bertz CT molecular complexity index is 1630. The Labute approximate surface area is 211 Å². The Morgan fingerprint density at radius 1 is 1.20 bits per heavy atom. The van der Waals surface area contributed by atoms with Crippen molar-refractivity contribution in [2.24, 2.45) is 12.0 Å². The van der Waals surface area contributed by atoms with Gasteiger partial charge in [0.1, 0.15) is 6.04 Å². The summed E-state index contributed by atoms with van der Waals surface area (Å²) in [5, 5.41) is 3.07. The lowest BCUT2D eigenvalue weighted by atomic mass is 9.99. The molecule has 4 aromatic rings. The molecule has 3 aromatic heterocycles. The van der Waals surface area contributed by atoms with Crippen molar-refractivity contribution in [2.45, 2.75) is 39.7 Å². The van der Waals surface area contributed by atoms with Crippen LogP contribution in [0.3, 0.4) is 0 Å². The molecule has 4 heterocycles. The lowest BCUT2D eigenvalue weighted by Crippen LogP contribution is -2.39. The van der Waals surface area contributed by atoms with Crippen LogP contribution >= 0.6 is 22.7 Å². The quantitative estimate of drug-likeness (QED) is 0.364. The number of allylic oxidation sites excluding steroid dienone is 1. The maximum Gasteiger partial charge on any atom is 0.338 e. The second-order valence-electron chi connectivity index (χ2n) is 8.50. The summed E-state index contributed by atoms with van der Waals surface area (Å²) in [6, 6.07) is 11.6. The zero-order valence-electron chi connectivity index (χ0n) is 20.2. The Hall–Kier alpha value is -3.23. The molecule has 1 aliphatic rings. The van der Waals surface area contributed by atoms with Crippen molar-refractivity contribution >= 4 is 45.6 Å². The van der Waals surface area contributed by atoms with Crippen molar-refractivity contribution in [1.82, 2.24) is 9.13 Å². The Morgan fingerprint density at radius 3 is 2.71 bits per heavy atom. The monoisotopic (exact) mass is 505 g/mol. The van der Waals surface area contributed by atoms with Gasteiger partial charge in [0.25, 0.3) is 5.56 Å². The largest absolute Gasteiger partial charge is 0.463 e. The van der Waals surface area contributed by atoms with Crippen LogP contribution in [0.1, 0.15) is 48.9 Å². The van der Waals surface area contributed by atoms with Gasteiger partial charge < -0.3 is 9.30 Å². The number of fused-ring (bicyclic) bond motifs is 2. The molecule has 35 heavy (non-hydrogen) atoms. The average molecular weight is 506 g/mol. The fraction of sp³-hybridized carbons (Fsp3) is 0.296. The third-order valence-corrected chi connectivity index (χ3v) is 8.34. The van der Waals surface area contributed by atoms with Crippen molar-refractivity contribution in [1.29, 1.82) is 0 Å². The minimum atomic E-state index is -0.539. The second-order valence-corrected chi connectivity index (χ2v) is 10.5. The van der Waals surface area contributed by atoms with Crippen LogP contribution in [0.15, 0.2) is 62.8 Å². The van der Waals surface area contributed by atoms with E-state index in [0.717, 1.165) is 33.5 Å². The van der Waals surface area contributed by atoms with Crippen molar-refractivity contribution in [3.05, 3.63) is 88.9 Å². The maximum atomic E-state index is 13.9. The topological polar surface area (TPSA) is 65.6 Å². The molecule has 1 aromatic carbocycles. The highest BCUT2D eigenvalue weighted by atomic mass is 32.1. The number of esters is 1. The van der Waals surface area contributed by atoms with E-state index in [4.69, 9.17) is 9.73 Å². The van der Waals surface area contributed by atoms with Gasteiger partial charge in [-0.2, -0.15) is 0 Å². The van der Waals surface area contributed by atoms with Gasteiger partial charge in [0.2, 0.25) is 0 Å². The van der Waals surface area contributed by atoms with E-state index in [0.29, 0.717) is 27.0 Å². The molecule has 0 aliphatic carbocycles. The van der Waals surface area contributed by atoms with Gasteiger partial charge in [-0.1, -0.05) is 48.9 Å². The van der Waals surface area contributed by atoms with E-state index in [-0.39, 0.29) is 12.2 Å². The molecule has 180 valence electrons. The van der Waals surface area contributed by atoms with Gasteiger partial charge in [-0.3, -0.25) is 9.36 Å². The molecule has 0 spiro atoms. The molecule has 0 radical (unpaired) electrons. The van der Waals surface area contributed by atoms with Crippen LogP contribution in [0.5, 0.6) is 0 Å². The summed E-state index contributed by atoms with van der Waals surface area (Å²) in [6.45, 7) is 6.18. The minimum Gasteiger partial charge on any atom is -0.463 e. The van der Waals surface area contributed by atoms with Gasteiger partial charge >= 0.3 is 5.97 Å². The standard InChI is InChI=1S/C27H27N3O3S2/c1-5-10-19-23(26(32)33-6-2)24(21-13-9-14-34-21)30-25(31)22(35-27(30)28-19)15-18-16(3)29(4)20-12-8-7-11-17(18)20/h7-9,11-15,24H,5-6,10H2,1-4H3/b22-15-/t24-/m1/s1. The zero-order valence-corrected chi connectivity index (χ0v) is 21.8. The molecule has 8 heteroatoms. The number of carbonyl (C=O) groups excluding carboxylic acids is 1. The fourth-order valence-corrected chi connectivity index (χ4v) is 6.53. The number of benzene rings is 1. The third kappa shape index (κ3) is 3.90. The highest BCUT2D eigenvalue weighted by molar-refractivity contribution is 7.10. The summed E-state index contributed by atoms with van der Waals surface area (Å²) >= 11 is 2.91. The summed E-state index contributed by atoms with van der Waals surface area (Å²) in [6.07, 6.45) is 3.45. The first-order valence-corrected chi connectivity index (χ1v) is 13.4. The van der Waals surface area contributed by atoms with Gasteiger partial charge in [0.05, 0.1) is 22.4 Å². The summed E-state index contributed by atoms with van der Waals surface area (Å²) in [4.78, 5) is 33.4. The fourth-order valence-electron chi connectivity index (χ4n) is 4.70. The van der Waals surface area contributed by atoms with Crippen LogP contribution in [0.2, 0.25) is 0 Å². The molecular formula is C27H27N3O3S2. The molecule has 1 aliphatic heterocycles. The molecule has 0 unspecified atom stereocenters. The number of thiazole rings is 1. The lowest BCUT2D eigenvalue weighted by Gasteiger charge is -2.24. The van der Waals surface area contributed by atoms with Gasteiger partial charge in [-0.05, 0) is 43.9 Å². The van der Waals surface area contributed by atoms with Crippen molar-refractivity contribution in [3.63, 3.8) is 0 Å². The first-order chi connectivity index (χ1) is 17.0. The highest BCUT2D eigenvalue weighted by Gasteiger charge is 2.34. The summed E-state index contributed by atoms with van der Waals surface area (Å²) in [5.74, 6) is -0.405. The van der Waals surface area contributed by atoms with E-state index in [2.05, 4.69) is 30.5 Å². The van der Waals surface area contributed by atoms with Crippen LogP contribution in [0, 0.1) is 6.92 Å². The van der Waals surface area contributed by atoms with Crippen molar-refractivity contribution < 1.29 is 9.53 Å². The molecule has 5 rings (SSSR count).